The van der Waals surface area contributed by atoms with Gasteiger partial charge in [0.1, 0.15) is 0 Å². The van der Waals surface area contributed by atoms with Gasteiger partial charge in [0.05, 0.1) is 6.26 Å². The Kier molecular flexibility index (Phi) is 3.88. The van der Waals surface area contributed by atoms with Gasteiger partial charge in [-0.25, -0.2) is 4.79 Å². The lowest BCUT2D eigenvalue weighted by molar-refractivity contribution is -0.141. The molecule has 0 aliphatic heterocycles. The zero-order chi connectivity index (χ0) is 7.11. The average molecular weight is 127 g/mol. The Hall–Kier alpha value is -1.50. The van der Waals surface area contributed by atoms with Gasteiger partial charge in [0, 0.05) is 0 Å². The maximum absolute atomic E-state index is 10.2. The lowest BCUT2D eigenvalue weighted by Gasteiger charge is -1.92. The highest BCUT2D eigenvalue weighted by Crippen LogP contribution is 1.78. The lowest BCUT2D eigenvalue weighted by Crippen LogP contribution is -2.06. The van der Waals surface area contributed by atoms with Crippen LogP contribution in [0.5, 0.6) is 0 Å². The van der Waals surface area contributed by atoms with Gasteiger partial charge in [0.15, 0.2) is 6.61 Å². The van der Waals surface area contributed by atoms with E-state index < -0.39 is 5.97 Å². The fraction of sp³-hybridized carbons (Fsp3) is 0.200. The van der Waals surface area contributed by atoms with Crippen LogP contribution in [-0.4, -0.2) is 12.6 Å². The van der Waals surface area contributed by atoms with Crippen molar-refractivity contribution < 1.29 is 14.3 Å². The molecule has 0 aliphatic carbocycles. The second-order valence-corrected chi connectivity index (χ2v) is 1.04. The number of nitrogens with zero attached hydrogens (tertiary/aromatic N) is 1. The van der Waals surface area contributed by atoms with E-state index in [2.05, 4.69) is 16.1 Å². The summed E-state index contributed by atoms with van der Waals surface area (Å²) in [5.41, 5.74) is 0. The molecule has 0 fully saturated rings. The first kappa shape index (κ1) is 7.50. The Labute approximate surface area is 52.3 Å². The first-order chi connectivity index (χ1) is 4.31. The van der Waals surface area contributed by atoms with Crippen LogP contribution in [0.25, 0.3) is 0 Å². The molecule has 0 bridgehead atoms. The van der Waals surface area contributed by atoms with Gasteiger partial charge >= 0.3 is 5.97 Å². The molecule has 0 unspecified atom stereocenters. The van der Waals surface area contributed by atoms with Gasteiger partial charge in [-0.3, -0.25) is 0 Å². The second kappa shape index (κ2) is 4.65. The quantitative estimate of drug-likeness (QED) is 0.308. The largest absolute Gasteiger partial charge is 0.433 e. The minimum absolute atomic E-state index is 0.359. The summed E-state index contributed by atoms with van der Waals surface area (Å²) < 4.78 is 8.22. The third kappa shape index (κ3) is 4.35. The molecule has 0 atom stereocenters. The zero-order valence-corrected chi connectivity index (χ0v) is 4.66. The van der Waals surface area contributed by atoms with Crippen LogP contribution in [0.2, 0.25) is 0 Å². The summed E-state index contributed by atoms with van der Waals surface area (Å²) in [7, 11) is 0. The van der Waals surface area contributed by atoms with Crippen LogP contribution < -0.4 is 0 Å². The van der Waals surface area contributed by atoms with Crippen molar-refractivity contribution >= 4 is 5.97 Å². The molecule has 0 N–H and O–H groups in total. The minimum Gasteiger partial charge on any atom is -0.433 e. The third-order valence-corrected chi connectivity index (χ3v) is 0.469. The fourth-order valence-corrected chi connectivity index (χ4v) is 0.218. The molecule has 4 nitrogen and oxygen atoms in total. The summed E-state index contributed by atoms with van der Waals surface area (Å²) in [6, 6.07) is 0. The Bertz CT molecular complexity index is 147. The molecule has 0 aliphatic rings. The molecule has 48 valence electrons. The molecule has 9 heavy (non-hydrogen) atoms. The maximum atomic E-state index is 10.2. The van der Waals surface area contributed by atoms with Crippen LogP contribution in [0.4, 0.5) is 0 Å². The summed E-state index contributed by atoms with van der Waals surface area (Å²) in [5.74, 6) is -0.633. The van der Waals surface area contributed by atoms with E-state index >= 15 is 0 Å². The van der Waals surface area contributed by atoms with Gasteiger partial charge < -0.3 is 9.47 Å². The Balaban J connectivity index is 3.29. The molecule has 0 aromatic heterocycles. The van der Waals surface area contributed by atoms with E-state index in [9.17, 15) is 4.79 Å². The molecule has 4 heteroatoms. The van der Waals surface area contributed by atoms with Crippen molar-refractivity contribution in [3.05, 3.63) is 12.8 Å². The summed E-state index contributed by atoms with van der Waals surface area (Å²) in [5, 5.41) is 7.78. The molecule has 0 amide bonds. The minimum atomic E-state index is -0.633. The molecule has 0 aromatic rings. The van der Waals surface area contributed by atoms with E-state index in [4.69, 9.17) is 5.26 Å². The Morgan fingerprint density at radius 3 is 3.00 bits per heavy atom. The van der Waals surface area contributed by atoms with Crippen molar-refractivity contribution in [2.75, 3.05) is 6.61 Å². The number of carbonyl (C=O) groups is 1. The van der Waals surface area contributed by atoms with Gasteiger partial charge in [-0.1, -0.05) is 6.58 Å². The van der Waals surface area contributed by atoms with E-state index in [1.54, 1.807) is 0 Å². The number of hydrogen-bond acceptors (Lipinski definition) is 4. The van der Waals surface area contributed by atoms with E-state index in [1.165, 1.54) is 6.26 Å². The predicted octanol–water partition coefficient (Wildman–Crippen LogP) is 0.171. The van der Waals surface area contributed by atoms with E-state index in [0.29, 0.717) is 0 Å². The topological polar surface area (TPSA) is 59.3 Å². The molecule has 0 spiro atoms. The first-order valence-electron chi connectivity index (χ1n) is 2.12. The molecular weight excluding hydrogens is 122 g/mol. The van der Waals surface area contributed by atoms with E-state index in [0.717, 1.165) is 6.26 Å². The first-order valence-corrected chi connectivity index (χ1v) is 2.12. The van der Waals surface area contributed by atoms with Crippen LogP contribution in [-0.2, 0) is 14.3 Å². The molecule has 0 rings (SSSR count). The standard InChI is InChI=1S/C5H5NO3/c1-2-9-5(7)3-8-4-6/h2H,1,3H2. The van der Waals surface area contributed by atoms with E-state index in [1.807, 2.05) is 0 Å². The highest BCUT2D eigenvalue weighted by molar-refractivity contribution is 5.71. The number of esters is 1. The van der Waals surface area contributed by atoms with Crippen LogP contribution in [0.1, 0.15) is 0 Å². The van der Waals surface area contributed by atoms with Crippen molar-refractivity contribution in [2.45, 2.75) is 0 Å². The lowest BCUT2D eigenvalue weighted by atomic mass is 10.7. The molecule has 0 aromatic carbocycles. The highest BCUT2D eigenvalue weighted by Gasteiger charge is 1.97. The Morgan fingerprint density at radius 2 is 2.56 bits per heavy atom. The molecule has 0 radical (unpaired) electrons. The number of ether oxygens (including phenoxy) is 2. The van der Waals surface area contributed by atoms with E-state index in [-0.39, 0.29) is 6.61 Å². The zero-order valence-electron chi connectivity index (χ0n) is 4.66. The number of nitriles is 1. The van der Waals surface area contributed by atoms with Gasteiger partial charge in [-0.05, 0) is 0 Å². The van der Waals surface area contributed by atoms with Gasteiger partial charge in [-0.15, -0.1) is 0 Å². The molecule has 0 saturated heterocycles. The monoisotopic (exact) mass is 127 g/mol. The van der Waals surface area contributed by atoms with Gasteiger partial charge in [0.25, 0.3) is 6.26 Å². The number of hydrogen-bond donors (Lipinski definition) is 0. The van der Waals surface area contributed by atoms with Crippen molar-refractivity contribution in [1.82, 2.24) is 0 Å². The van der Waals surface area contributed by atoms with Crippen molar-refractivity contribution in [1.29, 1.82) is 5.26 Å². The van der Waals surface area contributed by atoms with Gasteiger partial charge in [-0.2, -0.15) is 5.26 Å². The Morgan fingerprint density at radius 1 is 1.89 bits per heavy atom. The summed E-state index contributed by atoms with van der Waals surface area (Å²) in [6.45, 7) is 2.77. The molecule has 0 heterocycles. The highest BCUT2D eigenvalue weighted by atomic mass is 16.6. The van der Waals surface area contributed by atoms with Crippen LogP contribution in [0.15, 0.2) is 12.8 Å². The van der Waals surface area contributed by atoms with Crippen LogP contribution in [0.3, 0.4) is 0 Å². The maximum Gasteiger partial charge on any atom is 0.350 e. The third-order valence-electron chi connectivity index (χ3n) is 0.469. The second-order valence-electron chi connectivity index (χ2n) is 1.04. The number of rotatable bonds is 3. The number of carbonyl (C=O) groups excluding carboxylic acids is 1. The predicted molar refractivity (Wildman–Crippen MR) is 27.9 cm³/mol. The van der Waals surface area contributed by atoms with Crippen LogP contribution >= 0.6 is 0 Å². The summed E-state index contributed by atoms with van der Waals surface area (Å²) in [6.07, 6.45) is 2.30. The van der Waals surface area contributed by atoms with Crippen molar-refractivity contribution in [3.63, 3.8) is 0 Å². The molecule has 0 saturated carbocycles. The van der Waals surface area contributed by atoms with Crippen molar-refractivity contribution in [2.24, 2.45) is 0 Å². The SMILES string of the molecule is C=COC(=O)COC#N. The van der Waals surface area contributed by atoms with Crippen molar-refractivity contribution in [3.8, 4) is 6.26 Å². The summed E-state index contributed by atoms with van der Waals surface area (Å²) in [4.78, 5) is 10.2. The molecular formula is C5H5NO3. The fourth-order valence-electron chi connectivity index (χ4n) is 0.218. The van der Waals surface area contributed by atoms with Gasteiger partial charge in [0.2, 0.25) is 0 Å². The van der Waals surface area contributed by atoms with Crippen LogP contribution in [0, 0.1) is 11.5 Å². The average Bonchev–Trinajstić information content (AvgIpc) is 1.85. The normalized spacial score (nSPS) is 7.00. The summed E-state index contributed by atoms with van der Waals surface area (Å²) >= 11 is 0. The smallest absolute Gasteiger partial charge is 0.350 e.